The van der Waals surface area contributed by atoms with Crippen LogP contribution in [0.25, 0.3) is 10.9 Å². The number of fused-ring (bicyclic) bond motifs is 1. The number of carbonyl (C=O) groups excluding carboxylic acids is 1. The molecule has 3 N–H and O–H groups in total. The molecule has 0 aliphatic heterocycles. The van der Waals surface area contributed by atoms with E-state index >= 15 is 0 Å². The summed E-state index contributed by atoms with van der Waals surface area (Å²) in [5.41, 5.74) is 5.15. The molecule has 6 nitrogen and oxygen atoms in total. The number of aromatic amines is 1. The standard InChI is InChI=1S/C23H23N5O/c1-16-6-2-3-7-17(16)12-26-23-27-14-19(15-28-23)22(29)24-11-10-18-13-25-21-9-5-4-8-20(18)21/h2-9,13-15,25H,10-12H2,1H3,(H,24,29)(H,26,27,28). The highest BCUT2D eigenvalue weighted by Crippen LogP contribution is 2.17. The molecule has 0 aliphatic carbocycles. The van der Waals surface area contributed by atoms with E-state index in [1.165, 1.54) is 22.1 Å². The molecule has 2 heterocycles. The molecule has 0 saturated carbocycles. The van der Waals surface area contributed by atoms with Gasteiger partial charge in [-0.2, -0.15) is 0 Å². The van der Waals surface area contributed by atoms with Crippen molar-refractivity contribution in [3.63, 3.8) is 0 Å². The van der Waals surface area contributed by atoms with Gasteiger partial charge in [-0.15, -0.1) is 0 Å². The lowest BCUT2D eigenvalue weighted by Gasteiger charge is -2.08. The monoisotopic (exact) mass is 385 g/mol. The van der Waals surface area contributed by atoms with Gasteiger partial charge in [0.2, 0.25) is 5.95 Å². The number of nitrogens with zero attached hydrogens (tertiary/aromatic N) is 2. The first-order chi connectivity index (χ1) is 14.2. The number of amides is 1. The van der Waals surface area contributed by atoms with Gasteiger partial charge < -0.3 is 15.6 Å². The number of carbonyl (C=O) groups is 1. The van der Waals surface area contributed by atoms with Gasteiger partial charge in [0.25, 0.3) is 5.91 Å². The van der Waals surface area contributed by atoms with Gasteiger partial charge in [-0.25, -0.2) is 9.97 Å². The van der Waals surface area contributed by atoms with E-state index < -0.39 is 0 Å². The maximum Gasteiger partial charge on any atom is 0.254 e. The zero-order valence-corrected chi connectivity index (χ0v) is 16.3. The number of hydrogen-bond donors (Lipinski definition) is 3. The maximum absolute atomic E-state index is 12.4. The van der Waals surface area contributed by atoms with Crippen molar-refractivity contribution in [1.82, 2.24) is 20.3 Å². The smallest absolute Gasteiger partial charge is 0.254 e. The van der Waals surface area contributed by atoms with E-state index in [4.69, 9.17) is 0 Å². The largest absolute Gasteiger partial charge is 0.361 e. The van der Waals surface area contributed by atoms with Gasteiger partial charge >= 0.3 is 0 Å². The van der Waals surface area contributed by atoms with E-state index in [2.05, 4.69) is 50.7 Å². The van der Waals surface area contributed by atoms with Crippen LogP contribution in [0.3, 0.4) is 0 Å². The van der Waals surface area contributed by atoms with Gasteiger partial charge in [-0.1, -0.05) is 42.5 Å². The number of rotatable bonds is 7. The molecule has 6 heteroatoms. The van der Waals surface area contributed by atoms with E-state index in [0.29, 0.717) is 24.6 Å². The summed E-state index contributed by atoms with van der Waals surface area (Å²) in [6.07, 6.45) is 5.85. The Balaban J connectivity index is 1.29. The molecule has 0 spiro atoms. The van der Waals surface area contributed by atoms with Crippen LogP contribution in [-0.2, 0) is 13.0 Å². The lowest BCUT2D eigenvalue weighted by Crippen LogP contribution is -2.26. The van der Waals surface area contributed by atoms with Crippen LogP contribution in [-0.4, -0.2) is 27.4 Å². The average Bonchev–Trinajstić information content (AvgIpc) is 3.17. The molecule has 29 heavy (non-hydrogen) atoms. The minimum Gasteiger partial charge on any atom is -0.361 e. The molecule has 2 aromatic heterocycles. The second-order valence-corrected chi connectivity index (χ2v) is 6.94. The highest BCUT2D eigenvalue weighted by molar-refractivity contribution is 5.93. The second kappa shape index (κ2) is 8.56. The molecule has 0 saturated heterocycles. The van der Waals surface area contributed by atoms with Gasteiger partial charge in [-0.3, -0.25) is 4.79 Å². The Kier molecular flexibility index (Phi) is 5.52. The number of para-hydroxylation sites is 1. The van der Waals surface area contributed by atoms with Gasteiger partial charge in [-0.05, 0) is 36.1 Å². The van der Waals surface area contributed by atoms with E-state index in [0.717, 1.165) is 11.9 Å². The predicted molar refractivity (Wildman–Crippen MR) is 115 cm³/mol. The first kappa shape index (κ1) is 18.7. The van der Waals surface area contributed by atoms with Crippen molar-refractivity contribution in [1.29, 1.82) is 0 Å². The summed E-state index contributed by atoms with van der Waals surface area (Å²) in [6.45, 7) is 3.26. The van der Waals surface area contributed by atoms with Crippen molar-refractivity contribution < 1.29 is 4.79 Å². The number of benzene rings is 2. The Bertz CT molecular complexity index is 1120. The van der Waals surface area contributed by atoms with Crippen molar-refractivity contribution in [3.05, 3.63) is 89.4 Å². The maximum atomic E-state index is 12.4. The third-order valence-electron chi connectivity index (χ3n) is 4.97. The van der Waals surface area contributed by atoms with Crippen LogP contribution >= 0.6 is 0 Å². The van der Waals surface area contributed by atoms with Crippen molar-refractivity contribution in [3.8, 4) is 0 Å². The summed E-state index contributed by atoms with van der Waals surface area (Å²) in [6, 6.07) is 16.3. The highest BCUT2D eigenvalue weighted by atomic mass is 16.1. The Labute approximate surface area is 169 Å². The number of hydrogen-bond acceptors (Lipinski definition) is 4. The normalized spacial score (nSPS) is 10.8. The first-order valence-corrected chi connectivity index (χ1v) is 9.64. The van der Waals surface area contributed by atoms with E-state index in [9.17, 15) is 4.79 Å². The first-order valence-electron chi connectivity index (χ1n) is 9.64. The van der Waals surface area contributed by atoms with Crippen LogP contribution in [0.4, 0.5) is 5.95 Å². The highest BCUT2D eigenvalue weighted by Gasteiger charge is 2.08. The van der Waals surface area contributed by atoms with Crippen LogP contribution < -0.4 is 10.6 Å². The fraction of sp³-hybridized carbons (Fsp3) is 0.174. The minimum absolute atomic E-state index is 0.171. The summed E-state index contributed by atoms with van der Waals surface area (Å²) in [5, 5.41) is 7.31. The zero-order chi connectivity index (χ0) is 20.1. The van der Waals surface area contributed by atoms with Gasteiger partial charge in [0.1, 0.15) is 0 Å². The number of anilines is 1. The molecule has 4 rings (SSSR count). The Morgan fingerprint density at radius 2 is 1.76 bits per heavy atom. The molecule has 0 bridgehead atoms. The number of nitrogens with one attached hydrogen (secondary N) is 3. The van der Waals surface area contributed by atoms with E-state index in [1.54, 1.807) is 12.4 Å². The molecule has 0 aliphatic rings. The quantitative estimate of drug-likeness (QED) is 0.451. The number of aromatic nitrogens is 3. The summed E-state index contributed by atoms with van der Waals surface area (Å²) < 4.78 is 0. The summed E-state index contributed by atoms with van der Waals surface area (Å²) >= 11 is 0. The van der Waals surface area contributed by atoms with Crippen LogP contribution in [0.2, 0.25) is 0 Å². The van der Waals surface area contributed by atoms with Gasteiger partial charge in [0.15, 0.2) is 0 Å². The second-order valence-electron chi connectivity index (χ2n) is 6.94. The van der Waals surface area contributed by atoms with Gasteiger partial charge in [0, 0.05) is 42.6 Å². The Morgan fingerprint density at radius 1 is 1.00 bits per heavy atom. The summed E-state index contributed by atoms with van der Waals surface area (Å²) in [4.78, 5) is 24.1. The fourth-order valence-electron chi connectivity index (χ4n) is 3.27. The van der Waals surface area contributed by atoms with Gasteiger partial charge in [0.05, 0.1) is 5.56 Å². The number of H-pyrrole nitrogens is 1. The van der Waals surface area contributed by atoms with Crippen LogP contribution in [0.1, 0.15) is 27.0 Å². The Hall–Kier alpha value is -3.67. The molecule has 1 amide bonds. The third-order valence-corrected chi connectivity index (χ3v) is 4.97. The Morgan fingerprint density at radius 3 is 2.59 bits per heavy atom. The van der Waals surface area contributed by atoms with E-state index in [1.807, 2.05) is 36.5 Å². The third kappa shape index (κ3) is 4.43. The van der Waals surface area contributed by atoms with Crippen LogP contribution in [0.15, 0.2) is 67.1 Å². The topological polar surface area (TPSA) is 82.7 Å². The molecule has 0 atom stereocenters. The van der Waals surface area contributed by atoms with Crippen molar-refractivity contribution in [2.75, 3.05) is 11.9 Å². The lowest BCUT2D eigenvalue weighted by atomic mass is 10.1. The lowest BCUT2D eigenvalue weighted by molar-refractivity contribution is 0.0953. The van der Waals surface area contributed by atoms with Crippen molar-refractivity contribution in [2.24, 2.45) is 0 Å². The van der Waals surface area contributed by atoms with E-state index in [-0.39, 0.29) is 5.91 Å². The zero-order valence-electron chi connectivity index (χ0n) is 16.3. The predicted octanol–water partition coefficient (Wildman–Crippen LogP) is 3.85. The van der Waals surface area contributed by atoms with Crippen molar-refractivity contribution in [2.45, 2.75) is 19.9 Å². The van der Waals surface area contributed by atoms with Crippen molar-refractivity contribution >= 4 is 22.8 Å². The molecule has 146 valence electrons. The molecular formula is C23H23N5O. The summed E-state index contributed by atoms with van der Waals surface area (Å²) in [7, 11) is 0. The molecule has 2 aromatic carbocycles. The molecule has 4 aromatic rings. The number of aryl methyl sites for hydroxylation is 1. The molecule has 0 radical (unpaired) electrons. The SMILES string of the molecule is Cc1ccccc1CNc1ncc(C(=O)NCCc2c[nH]c3ccccc23)cn1. The minimum atomic E-state index is -0.171. The average molecular weight is 385 g/mol. The molecule has 0 unspecified atom stereocenters. The van der Waals surface area contributed by atoms with Crippen LogP contribution in [0, 0.1) is 6.92 Å². The van der Waals surface area contributed by atoms with Crippen LogP contribution in [0.5, 0.6) is 0 Å². The molecule has 0 fully saturated rings. The molecular weight excluding hydrogens is 362 g/mol. The summed E-state index contributed by atoms with van der Waals surface area (Å²) in [5.74, 6) is 0.332. The fourth-order valence-corrected chi connectivity index (χ4v) is 3.27.